The molecule has 1 aliphatic rings. The molecule has 0 bridgehead atoms. The van der Waals surface area contributed by atoms with Crippen LogP contribution in [-0.4, -0.2) is 12.2 Å². The summed E-state index contributed by atoms with van der Waals surface area (Å²) in [4.78, 5) is 3.06. The monoisotopic (exact) mass is 238 g/mol. The van der Waals surface area contributed by atoms with Gasteiger partial charge in [0.25, 0.3) is 0 Å². The molecule has 1 fully saturated rings. The van der Waals surface area contributed by atoms with E-state index in [1.807, 2.05) is 11.3 Å². The summed E-state index contributed by atoms with van der Waals surface area (Å²) in [6.45, 7) is 6.77. The van der Waals surface area contributed by atoms with Gasteiger partial charge in [-0.2, -0.15) is 0 Å². The Morgan fingerprint density at radius 1 is 1.25 bits per heavy atom. The number of hydrogen-bond donors (Lipinski definition) is 0. The second kappa shape index (κ2) is 5.33. The molecule has 2 heterocycles. The Bertz CT molecular complexity index is 329. The molecule has 1 aromatic heterocycles. The summed E-state index contributed by atoms with van der Waals surface area (Å²) < 4.78 is 5.56. The standard InChI is InChI=1S/C14H22OS/c1-4-13-14(15-13)8-7-11-5-6-12(16-11)9-10(2)3/h5-6,10,13-14H,4,7-9H2,1-3H3. The van der Waals surface area contributed by atoms with Gasteiger partial charge in [0.1, 0.15) is 0 Å². The summed E-state index contributed by atoms with van der Waals surface area (Å²) in [6.07, 6.45) is 5.93. The minimum atomic E-state index is 0.556. The highest BCUT2D eigenvalue weighted by Gasteiger charge is 2.36. The van der Waals surface area contributed by atoms with Gasteiger partial charge in [-0.3, -0.25) is 0 Å². The summed E-state index contributed by atoms with van der Waals surface area (Å²) in [7, 11) is 0. The third-order valence-electron chi connectivity index (χ3n) is 3.09. The molecule has 2 heteroatoms. The van der Waals surface area contributed by atoms with Gasteiger partial charge in [-0.05, 0) is 43.7 Å². The van der Waals surface area contributed by atoms with E-state index in [2.05, 4.69) is 32.9 Å². The van der Waals surface area contributed by atoms with Gasteiger partial charge >= 0.3 is 0 Å². The van der Waals surface area contributed by atoms with Gasteiger partial charge in [0.05, 0.1) is 12.2 Å². The third-order valence-corrected chi connectivity index (χ3v) is 4.26. The quantitative estimate of drug-likeness (QED) is 0.681. The first-order valence-electron chi connectivity index (χ1n) is 6.42. The Balaban J connectivity index is 1.75. The molecule has 0 N–H and O–H groups in total. The molecule has 0 amide bonds. The Hall–Kier alpha value is -0.340. The minimum Gasteiger partial charge on any atom is -0.370 e. The van der Waals surface area contributed by atoms with Crippen LogP contribution in [0, 0.1) is 5.92 Å². The molecule has 0 aliphatic carbocycles. The smallest absolute Gasteiger partial charge is 0.0845 e. The zero-order chi connectivity index (χ0) is 11.5. The highest BCUT2D eigenvalue weighted by molar-refractivity contribution is 7.11. The van der Waals surface area contributed by atoms with E-state index in [0.29, 0.717) is 12.2 Å². The molecular formula is C14H22OS. The Kier molecular flexibility index (Phi) is 4.04. The number of ether oxygens (including phenoxy) is 1. The van der Waals surface area contributed by atoms with Crippen LogP contribution in [0.1, 0.15) is 43.4 Å². The Morgan fingerprint density at radius 2 is 2.00 bits per heavy atom. The fourth-order valence-electron chi connectivity index (χ4n) is 2.15. The van der Waals surface area contributed by atoms with E-state index in [1.165, 1.54) is 35.4 Å². The second-order valence-electron chi connectivity index (χ2n) is 5.13. The van der Waals surface area contributed by atoms with Gasteiger partial charge in [0.15, 0.2) is 0 Å². The van der Waals surface area contributed by atoms with Gasteiger partial charge in [0.2, 0.25) is 0 Å². The van der Waals surface area contributed by atoms with Crippen molar-refractivity contribution in [2.24, 2.45) is 5.92 Å². The number of epoxide rings is 1. The van der Waals surface area contributed by atoms with Crippen molar-refractivity contribution in [2.75, 3.05) is 0 Å². The zero-order valence-corrected chi connectivity index (χ0v) is 11.3. The lowest BCUT2D eigenvalue weighted by Crippen LogP contribution is -1.94. The van der Waals surface area contributed by atoms with E-state index in [0.717, 1.165) is 5.92 Å². The topological polar surface area (TPSA) is 12.5 Å². The maximum atomic E-state index is 5.56. The Morgan fingerprint density at radius 3 is 2.62 bits per heavy atom. The number of rotatable bonds is 6. The summed E-state index contributed by atoms with van der Waals surface area (Å²) in [5.74, 6) is 0.766. The molecule has 16 heavy (non-hydrogen) atoms. The zero-order valence-electron chi connectivity index (χ0n) is 10.5. The van der Waals surface area contributed by atoms with E-state index >= 15 is 0 Å². The minimum absolute atomic E-state index is 0.556. The summed E-state index contributed by atoms with van der Waals surface area (Å²) in [5.41, 5.74) is 0. The highest BCUT2D eigenvalue weighted by Crippen LogP contribution is 2.30. The summed E-state index contributed by atoms with van der Waals surface area (Å²) in [5, 5.41) is 0. The lowest BCUT2D eigenvalue weighted by Gasteiger charge is -1.99. The molecular weight excluding hydrogens is 216 g/mol. The van der Waals surface area contributed by atoms with Crippen LogP contribution in [0.25, 0.3) is 0 Å². The van der Waals surface area contributed by atoms with Crippen molar-refractivity contribution in [3.8, 4) is 0 Å². The molecule has 0 radical (unpaired) electrons. The second-order valence-corrected chi connectivity index (χ2v) is 6.38. The molecule has 2 unspecified atom stereocenters. The van der Waals surface area contributed by atoms with Gasteiger partial charge in [-0.15, -0.1) is 11.3 Å². The van der Waals surface area contributed by atoms with Crippen LogP contribution in [0.2, 0.25) is 0 Å². The molecule has 90 valence electrons. The molecule has 0 saturated carbocycles. The molecule has 1 aliphatic heterocycles. The SMILES string of the molecule is CCC1OC1CCc1ccc(CC(C)C)s1. The molecule has 0 spiro atoms. The molecule has 2 atom stereocenters. The van der Waals surface area contributed by atoms with E-state index < -0.39 is 0 Å². The van der Waals surface area contributed by atoms with E-state index in [-0.39, 0.29) is 0 Å². The normalized spacial score (nSPS) is 24.0. The summed E-state index contributed by atoms with van der Waals surface area (Å²) in [6, 6.07) is 4.59. The predicted octanol–water partition coefficient (Wildman–Crippen LogP) is 4.06. The number of aryl methyl sites for hydroxylation is 1. The van der Waals surface area contributed by atoms with Crippen LogP contribution in [0.15, 0.2) is 12.1 Å². The molecule has 0 aromatic carbocycles. The lowest BCUT2D eigenvalue weighted by atomic mass is 10.1. The van der Waals surface area contributed by atoms with E-state index in [4.69, 9.17) is 4.74 Å². The van der Waals surface area contributed by atoms with Crippen molar-refractivity contribution in [1.82, 2.24) is 0 Å². The molecule has 1 nitrogen and oxygen atoms in total. The van der Waals surface area contributed by atoms with Crippen molar-refractivity contribution in [2.45, 2.75) is 58.7 Å². The molecule has 2 rings (SSSR count). The third kappa shape index (κ3) is 3.33. The van der Waals surface area contributed by atoms with Crippen molar-refractivity contribution in [3.05, 3.63) is 21.9 Å². The van der Waals surface area contributed by atoms with Crippen molar-refractivity contribution in [3.63, 3.8) is 0 Å². The van der Waals surface area contributed by atoms with Crippen LogP contribution in [0.5, 0.6) is 0 Å². The van der Waals surface area contributed by atoms with Crippen molar-refractivity contribution in [1.29, 1.82) is 0 Å². The van der Waals surface area contributed by atoms with E-state index in [9.17, 15) is 0 Å². The average molecular weight is 238 g/mol. The maximum Gasteiger partial charge on any atom is 0.0845 e. The van der Waals surface area contributed by atoms with Crippen molar-refractivity contribution < 1.29 is 4.74 Å². The fourth-order valence-corrected chi connectivity index (χ4v) is 3.39. The van der Waals surface area contributed by atoms with Gasteiger partial charge in [0, 0.05) is 9.75 Å². The number of hydrogen-bond acceptors (Lipinski definition) is 2. The highest BCUT2D eigenvalue weighted by atomic mass is 32.1. The van der Waals surface area contributed by atoms with Crippen LogP contribution in [0.3, 0.4) is 0 Å². The lowest BCUT2D eigenvalue weighted by molar-refractivity contribution is 0.360. The van der Waals surface area contributed by atoms with Crippen LogP contribution >= 0.6 is 11.3 Å². The first-order chi connectivity index (χ1) is 7.69. The van der Waals surface area contributed by atoms with E-state index in [1.54, 1.807) is 0 Å². The van der Waals surface area contributed by atoms with Gasteiger partial charge in [-0.25, -0.2) is 0 Å². The summed E-state index contributed by atoms with van der Waals surface area (Å²) >= 11 is 1.98. The fraction of sp³-hybridized carbons (Fsp3) is 0.714. The number of thiophene rings is 1. The first kappa shape index (κ1) is 12.1. The van der Waals surface area contributed by atoms with Crippen LogP contribution < -0.4 is 0 Å². The van der Waals surface area contributed by atoms with Gasteiger partial charge in [-0.1, -0.05) is 20.8 Å². The van der Waals surface area contributed by atoms with Crippen molar-refractivity contribution >= 4 is 11.3 Å². The largest absolute Gasteiger partial charge is 0.370 e. The van der Waals surface area contributed by atoms with Gasteiger partial charge < -0.3 is 4.74 Å². The predicted molar refractivity (Wildman–Crippen MR) is 70.1 cm³/mol. The Labute approximate surface area is 103 Å². The van der Waals surface area contributed by atoms with Crippen LogP contribution in [0.4, 0.5) is 0 Å². The average Bonchev–Trinajstić information content (AvgIpc) is 2.87. The molecule has 1 saturated heterocycles. The maximum absolute atomic E-state index is 5.56. The first-order valence-corrected chi connectivity index (χ1v) is 7.23. The van der Waals surface area contributed by atoms with Crippen LogP contribution in [-0.2, 0) is 17.6 Å². The molecule has 1 aromatic rings.